The van der Waals surface area contributed by atoms with Crippen LogP contribution in [0.15, 0.2) is 23.1 Å². The number of halogens is 1. The first kappa shape index (κ1) is 16.5. The second-order valence-corrected chi connectivity index (χ2v) is 8.95. The minimum atomic E-state index is -3.79. The molecule has 0 aliphatic carbocycles. The molecule has 6 nitrogen and oxygen atoms in total. The molecule has 116 valence electrons. The van der Waals surface area contributed by atoms with Crippen LogP contribution in [0.4, 0.5) is 5.69 Å². The molecule has 1 aliphatic rings. The first-order chi connectivity index (χ1) is 9.73. The summed E-state index contributed by atoms with van der Waals surface area (Å²) in [5.41, 5.74) is -0.416. The van der Waals surface area contributed by atoms with Crippen LogP contribution in [0.3, 0.4) is 0 Å². The van der Waals surface area contributed by atoms with Gasteiger partial charge in [-0.05, 0) is 37.7 Å². The fourth-order valence-electron chi connectivity index (χ4n) is 2.11. The number of sulfonamides is 1. The number of hydrogen-bond donors (Lipinski definition) is 1. The van der Waals surface area contributed by atoms with Gasteiger partial charge in [0.1, 0.15) is 5.02 Å². The van der Waals surface area contributed by atoms with Gasteiger partial charge in [0.2, 0.25) is 10.0 Å². The summed E-state index contributed by atoms with van der Waals surface area (Å²) < 4.78 is 26.9. The molecule has 1 unspecified atom stereocenters. The molecule has 1 atom stereocenters. The summed E-state index contributed by atoms with van der Waals surface area (Å²) in [4.78, 5) is 9.97. The topological polar surface area (TPSA) is 89.3 Å². The maximum atomic E-state index is 12.2. The Balaban J connectivity index is 2.19. The van der Waals surface area contributed by atoms with Crippen LogP contribution in [-0.4, -0.2) is 30.4 Å². The first-order valence-corrected chi connectivity index (χ1v) is 9.16. The van der Waals surface area contributed by atoms with Crippen molar-refractivity contribution in [3.8, 4) is 0 Å². The quantitative estimate of drug-likeness (QED) is 0.651. The summed E-state index contributed by atoms with van der Waals surface area (Å²) in [6, 6.07) is 3.47. The van der Waals surface area contributed by atoms with Crippen molar-refractivity contribution in [2.75, 3.05) is 12.3 Å². The predicted molar refractivity (Wildman–Crippen MR) is 83.4 cm³/mol. The van der Waals surface area contributed by atoms with E-state index >= 15 is 0 Å². The summed E-state index contributed by atoms with van der Waals surface area (Å²) in [6.07, 6.45) is 2.01. The molecule has 0 bridgehead atoms. The van der Waals surface area contributed by atoms with Gasteiger partial charge < -0.3 is 0 Å². The van der Waals surface area contributed by atoms with Gasteiger partial charge in [0, 0.05) is 17.4 Å². The lowest BCUT2D eigenvalue weighted by Crippen LogP contribution is -2.36. The summed E-state index contributed by atoms with van der Waals surface area (Å²) >= 11 is 7.42. The van der Waals surface area contributed by atoms with Gasteiger partial charge in [-0.1, -0.05) is 11.6 Å². The highest BCUT2D eigenvalue weighted by Gasteiger charge is 2.31. The van der Waals surface area contributed by atoms with Crippen molar-refractivity contribution < 1.29 is 13.3 Å². The maximum Gasteiger partial charge on any atom is 0.289 e. The molecule has 1 saturated heterocycles. The average Bonchev–Trinajstić information content (AvgIpc) is 2.84. The van der Waals surface area contributed by atoms with Crippen LogP contribution in [0.25, 0.3) is 0 Å². The van der Waals surface area contributed by atoms with Gasteiger partial charge in [-0.15, -0.1) is 0 Å². The lowest BCUT2D eigenvalue weighted by atomic mass is 10.1. The molecule has 1 heterocycles. The standard InChI is InChI=1S/C12H15ClN2O4S2/c1-12(5-2-6-20-12)8-14-21(18,19)9-3-4-10(13)11(7-9)15(16)17/h3-4,7,14H,2,5-6,8H2,1H3. The molecule has 2 rings (SSSR count). The van der Waals surface area contributed by atoms with Crippen LogP contribution in [0, 0.1) is 10.1 Å². The van der Waals surface area contributed by atoms with Gasteiger partial charge in [0.05, 0.1) is 9.82 Å². The number of nitrogens with one attached hydrogen (secondary N) is 1. The van der Waals surface area contributed by atoms with E-state index in [0.29, 0.717) is 6.54 Å². The minimum Gasteiger partial charge on any atom is -0.258 e. The smallest absolute Gasteiger partial charge is 0.258 e. The SMILES string of the molecule is CC1(CNS(=O)(=O)c2ccc(Cl)c([N+](=O)[O-])c2)CCCS1. The molecule has 0 radical (unpaired) electrons. The second-order valence-electron chi connectivity index (χ2n) is 5.10. The van der Waals surface area contributed by atoms with Gasteiger partial charge in [0.25, 0.3) is 5.69 Å². The molecular weight excluding hydrogens is 336 g/mol. The molecule has 0 spiro atoms. The number of benzene rings is 1. The molecule has 1 aromatic carbocycles. The number of nitro groups is 1. The van der Waals surface area contributed by atoms with Crippen LogP contribution in [-0.2, 0) is 10.0 Å². The Morgan fingerprint density at radius 1 is 1.52 bits per heavy atom. The Bertz CT molecular complexity index is 657. The van der Waals surface area contributed by atoms with Gasteiger partial charge >= 0.3 is 0 Å². The number of nitrogens with zero attached hydrogens (tertiary/aromatic N) is 1. The summed E-state index contributed by atoms with van der Waals surface area (Å²) in [5, 5.41) is 10.7. The number of nitro benzene ring substituents is 1. The predicted octanol–water partition coefficient (Wildman–Crippen LogP) is 2.81. The molecular formula is C12H15ClN2O4S2. The number of thioether (sulfide) groups is 1. The lowest BCUT2D eigenvalue weighted by Gasteiger charge is -2.22. The van der Waals surface area contributed by atoms with E-state index in [1.807, 2.05) is 6.92 Å². The Hall–Kier alpha value is -0.830. The highest BCUT2D eigenvalue weighted by atomic mass is 35.5. The summed E-state index contributed by atoms with van der Waals surface area (Å²) in [6.45, 7) is 2.31. The summed E-state index contributed by atoms with van der Waals surface area (Å²) in [7, 11) is -3.79. The van der Waals surface area contributed by atoms with Crippen LogP contribution in [0.1, 0.15) is 19.8 Å². The number of rotatable bonds is 5. The monoisotopic (exact) mass is 350 g/mol. The van der Waals surface area contributed by atoms with Crippen molar-refractivity contribution in [2.24, 2.45) is 0 Å². The Labute approximate surface area is 132 Å². The molecule has 0 aromatic heterocycles. The Kier molecular flexibility index (Phi) is 4.82. The van der Waals surface area contributed by atoms with Crippen LogP contribution in [0.2, 0.25) is 5.02 Å². The van der Waals surface area contributed by atoms with Gasteiger partial charge in [-0.3, -0.25) is 10.1 Å². The molecule has 1 N–H and O–H groups in total. The number of hydrogen-bond acceptors (Lipinski definition) is 5. The fraction of sp³-hybridized carbons (Fsp3) is 0.500. The van der Waals surface area contributed by atoms with E-state index in [1.54, 1.807) is 11.8 Å². The lowest BCUT2D eigenvalue weighted by molar-refractivity contribution is -0.384. The zero-order chi connectivity index (χ0) is 15.7. The molecule has 1 aromatic rings. The Morgan fingerprint density at radius 3 is 2.81 bits per heavy atom. The molecule has 9 heteroatoms. The van der Waals surface area contributed by atoms with Crippen LogP contribution >= 0.6 is 23.4 Å². The van der Waals surface area contributed by atoms with E-state index in [4.69, 9.17) is 11.6 Å². The zero-order valence-electron chi connectivity index (χ0n) is 11.3. The van der Waals surface area contributed by atoms with Crippen molar-refractivity contribution in [2.45, 2.75) is 29.4 Å². The van der Waals surface area contributed by atoms with E-state index in [0.717, 1.165) is 24.7 Å². The van der Waals surface area contributed by atoms with Gasteiger partial charge in [-0.25, -0.2) is 13.1 Å². The van der Waals surface area contributed by atoms with E-state index in [9.17, 15) is 18.5 Å². The maximum absolute atomic E-state index is 12.2. The van der Waals surface area contributed by atoms with E-state index in [1.165, 1.54) is 12.1 Å². The van der Waals surface area contributed by atoms with Gasteiger partial charge in [-0.2, -0.15) is 11.8 Å². The normalized spacial score (nSPS) is 22.4. The zero-order valence-corrected chi connectivity index (χ0v) is 13.7. The van der Waals surface area contributed by atoms with Crippen molar-refractivity contribution in [1.82, 2.24) is 4.72 Å². The van der Waals surface area contributed by atoms with Gasteiger partial charge in [0.15, 0.2) is 0 Å². The third kappa shape index (κ3) is 3.88. The van der Waals surface area contributed by atoms with Crippen molar-refractivity contribution in [3.05, 3.63) is 33.3 Å². The van der Waals surface area contributed by atoms with E-state index in [-0.39, 0.29) is 14.7 Å². The molecule has 0 saturated carbocycles. The second kappa shape index (κ2) is 6.12. The highest BCUT2D eigenvalue weighted by molar-refractivity contribution is 8.01. The van der Waals surface area contributed by atoms with Crippen molar-refractivity contribution in [3.63, 3.8) is 0 Å². The van der Waals surface area contributed by atoms with Crippen LogP contribution < -0.4 is 4.72 Å². The van der Waals surface area contributed by atoms with E-state index in [2.05, 4.69) is 4.72 Å². The largest absolute Gasteiger partial charge is 0.289 e. The molecule has 1 aliphatic heterocycles. The Morgan fingerprint density at radius 2 is 2.24 bits per heavy atom. The van der Waals surface area contributed by atoms with Crippen molar-refractivity contribution in [1.29, 1.82) is 0 Å². The van der Waals surface area contributed by atoms with Crippen molar-refractivity contribution >= 4 is 39.1 Å². The average molecular weight is 351 g/mol. The third-order valence-corrected chi connectivity index (χ3v) is 6.62. The fourth-order valence-corrected chi connectivity index (χ4v) is 4.82. The molecule has 0 amide bonds. The highest BCUT2D eigenvalue weighted by Crippen LogP contribution is 2.37. The van der Waals surface area contributed by atoms with E-state index < -0.39 is 20.6 Å². The molecule has 1 fully saturated rings. The van der Waals surface area contributed by atoms with Crippen LogP contribution in [0.5, 0.6) is 0 Å². The third-order valence-electron chi connectivity index (χ3n) is 3.36. The first-order valence-electron chi connectivity index (χ1n) is 6.31. The molecule has 21 heavy (non-hydrogen) atoms. The summed E-state index contributed by atoms with van der Waals surface area (Å²) in [5.74, 6) is 1.02. The minimum absolute atomic E-state index is 0.0859.